The first-order valence-corrected chi connectivity index (χ1v) is 13.1. The topological polar surface area (TPSA) is 138 Å². The fourth-order valence-electron chi connectivity index (χ4n) is 5.16. The number of halogens is 1. The van der Waals surface area contributed by atoms with Crippen LogP contribution in [0.2, 0.25) is 5.02 Å². The van der Waals surface area contributed by atoms with Gasteiger partial charge in [0.25, 0.3) is 5.91 Å². The van der Waals surface area contributed by atoms with Crippen molar-refractivity contribution in [3.63, 3.8) is 0 Å². The number of aromatic nitrogens is 3. The number of aromatic amines is 1. The maximum absolute atomic E-state index is 13.7. The molecule has 4 aromatic rings. The third kappa shape index (κ3) is 5.60. The van der Waals surface area contributed by atoms with E-state index >= 15 is 0 Å². The molecule has 1 fully saturated rings. The Morgan fingerprint density at radius 2 is 2.10 bits per heavy atom. The van der Waals surface area contributed by atoms with E-state index in [1.807, 2.05) is 31.7 Å². The van der Waals surface area contributed by atoms with Crippen LogP contribution in [-0.2, 0) is 9.53 Å². The quantitative estimate of drug-likeness (QED) is 0.270. The summed E-state index contributed by atoms with van der Waals surface area (Å²) in [6.45, 7) is 8.53. The van der Waals surface area contributed by atoms with E-state index in [-0.39, 0.29) is 25.0 Å². The molecule has 5 rings (SSSR count). The van der Waals surface area contributed by atoms with Gasteiger partial charge in [-0.2, -0.15) is 0 Å². The number of ether oxygens (including phenoxy) is 1. The van der Waals surface area contributed by atoms with Crippen LogP contribution in [-0.4, -0.2) is 69.2 Å². The maximum Gasteiger partial charge on any atom is 0.254 e. The lowest BCUT2D eigenvalue weighted by molar-refractivity contribution is -0.143. The molecule has 2 atom stereocenters. The number of nitrogens with zero attached hydrogens (tertiary/aromatic N) is 3. The third-order valence-corrected chi connectivity index (χ3v) is 7.20. The van der Waals surface area contributed by atoms with Crippen molar-refractivity contribution >= 4 is 50.9 Å². The third-order valence-electron chi connectivity index (χ3n) is 6.98. The normalized spacial score (nSPS) is 18.3. The van der Waals surface area contributed by atoms with Crippen LogP contribution in [0.25, 0.3) is 21.8 Å². The van der Waals surface area contributed by atoms with Gasteiger partial charge in [-0.25, -0.2) is 0 Å². The molecule has 1 aliphatic heterocycles. The van der Waals surface area contributed by atoms with E-state index in [0.29, 0.717) is 28.5 Å². The second kappa shape index (κ2) is 10.5. The number of benzene rings is 1. The van der Waals surface area contributed by atoms with Crippen molar-refractivity contribution in [2.24, 2.45) is 5.73 Å². The van der Waals surface area contributed by atoms with Gasteiger partial charge in [0.1, 0.15) is 6.04 Å². The Bertz CT molecular complexity index is 1570. The highest BCUT2D eigenvalue weighted by atomic mass is 35.5. The fourth-order valence-corrected chi connectivity index (χ4v) is 5.38. The van der Waals surface area contributed by atoms with Crippen LogP contribution in [0.5, 0.6) is 0 Å². The number of carbonyl (C=O) groups is 2. The largest absolute Gasteiger partial charge is 0.372 e. The summed E-state index contributed by atoms with van der Waals surface area (Å²) in [7, 11) is 0. The summed E-state index contributed by atoms with van der Waals surface area (Å²) >= 11 is 6.47. The molecule has 1 aliphatic rings. The molecular weight excluding hydrogens is 518 g/mol. The molecule has 1 saturated heterocycles. The molecule has 5 N–H and O–H groups in total. The summed E-state index contributed by atoms with van der Waals surface area (Å²) in [6.07, 6.45) is 4.46. The number of carbonyl (C=O) groups excluding carboxylic acids is 2. The number of H-pyrrole nitrogens is 1. The number of nitrogens with one attached hydrogen (secondary N) is 3. The molecule has 0 radical (unpaired) electrons. The summed E-state index contributed by atoms with van der Waals surface area (Å²) in [5.41, 5.74) is 10.1. The Morgan fingerprint density at radius 1 is 1.31 bits per heavy atom. The minimum atomic E-state index is -0.719. The minimum Gasteiger partial charge on any atom is -0.372 e. The van der Waals surface area contributed by atoms with Crippen LogP contribution in [0.3, 0.4) is 0 Å². The summed E-state index contributed by atoms with van der Waals surface area (Å²) in [6, 6.07) is 6.37. The van der Waals surface area contributed by atoms with Gasteiger partial charge >= 0.3 is 0 Å². The molecule has 3 aromatic heterocycles. The Labute approximate surface area is 231 Å². The average molecular weight is 550 g/mol. The van der Waals surface area contributed by atoms with Crippen molar-refractivity contribution in [2.75, 3.05) is 25.0 Å². The van der Waals surface area contributed by atoms with Crippen molar-refractivity contribution in [3.8, 4) is 0 Å². The maximum atomic E-state index is 13.7. The highest BCUT2D eigenvalue weighted by molar-refractivity contribution is 6.33. The van der Waals surface area contributed by atoms with Crippen LogP contribution >= 0.6 is 11.6 Å². The zero-order valence-corrected chi connectivity index (χ0v) is 23.1. The van der Waals surface area contributed by atoms with Crippen LogP contribution < -0.4 is 16.4 Å². The lowest BCUT2D eigenvalue weighted by Crippen LogP contribution is -2.62. The highest BCUT2D eigenvalue weighted by Gasteiger charge is 2.38. The Kier molecular flexibility index (Phi) is 7.30. The first-order chi connectivity index (χ1) is 18.5. The number of fused-ring (bicyclic) bond motifs is 3. The van der Waals surface area contributed by atoms with Gasteiger partial charge in [-0.15, -0.1) is 0 Å². The van der Waals surface area contributed by atoms with Gasteiger partial charge in [0, 0.05) is 47.0 Å². The summed E-state index contributed by atoms with van der Waals surface area (Å²) < 4.78 is 6.01. The van der Waals surface area contributed by atoms with E-state index < -0.39 is 17.8 Å². The number of hydrogen-bond donors (Lipinski definition) is 4. The summed E-state index contributed by atoms with van der Waals surface area (Å²) in [5, 5.41) is 8.29. The van der Waals surface area contributed by atoms with Gasteiger partial charge in [0.05, 0.1) is 46.9 Å². The summed E-state index contributed by atoms with van der Waals surface area (Å²) in [4.78, 5) is 40.2. The number of rotatable bonds is 6. The molecule has 0 unspecified atom stereocenters. The molecule has 0 spiro atoms. The zero-order valence-electron chi connectivity index (χ0n) is 22.3. The molecule has 0 bridgehead atoms. The van der Waals surface area contributed by atoms with Crippen LogP contribution in [0.15, 0.2) is 42.9 Å². The predicted molar refractivity (Wildman–Crippen MR) is 152 cm³/mol. The molecule has 4 heterocycles. The van der Waals surface area contributed by atoms with Gasteiger partial charge in [0.2, 0.25) is 5.91 Å². The highest BCUT2D eigenvalue weighted by Crippen LogP contribution is 2.35. The number of anilines is 1. The number of morpholine rings is 1. The van der Waals surface area contributed by atoms with E-state index in [1.165, 1.54) is 0 Å². The first-order valence-electron chi connectivity index (χ1n) is 12.7. The lowest BCUT2D eigenvalue weighted by atomic mass is 10.0. The van der Waals surface area contributed by atoms with Gasteiger partial charge in [-0.05, 0) is 57.5 Å². The van der Waals surface area contributed by atoms with Gasteiger partial charge < -0.3 is 26.1 Å². The van der Waals surface area contributed by atoms with Crippen molar-refractivity contribution in [1.29, 1.82) is 0 Å². The van der Waals surface area contributed by atoms with Gasteiger partial charge in [0.15, 0.2) is 0 Å². The molecule has 204 valence electrons. The van der Waals surface area contributed by atoms with E-state index in [0.717, 1.165) is 27.4 Å². The van der Waals surface area contributed by atoms with Crippen molar-refractivity contribution in [3.05, 3.63) is 64.7 Å². The van der Waals surface area contributed by atoms with Crippen molar-refractivity contribution in [1.82, 2.24) is 25.2 Å². The molecule has 11 heteroatoms. The second-order valence-corrected chi connectivity index (χ2v) is 11.0. The molecule has 0 saturated carbocycles. The van der Waals surface area contributed by atoms with E-state index in [1.54, 1.807) is 43.7 Å². The predicted octanol–water partition coefficient (Wildman–Crippen LogP) is 3.51. The minimum absolute atomic E-state index is 0.167. The van der Waals surface area contributed by atoms with Crippen molar-refractivity contribution in [2.45, 2.75) is 45.5 Å². The van der Waals surface area contributed by atoms with Gasteiger partial charge in [-0.1, -0.05) is 11.6 Å². The van der Waals surface area contributed by atoms with E-state index in [2.05, 4.69) is 25.6 Å². The molecule has 1 aromatic carbocycles. The fraction of sp³-hybridized carbons (Fsp3) is 0.357. The standard InChI is InChI=1S/C28H32ClN7O3/c1-15-10-31-11-21-24(15)19-8-17(29)9-20(25(19)33-21)34-27(38)22-13-39-28(3,4)14-36(22)12-23(30)35-26(37)18-6-5-7-32-16(18)2/h5-11,22-23,33H,12-14,30H2,1-4H3,(H,34,38)(H,35,37)/t22-,23+/m0/s1. The van der Waals surface area contributed by atoms with Crippen LogP contribution in [0.4, 0.5) is 5.69 Å². The van der Waals surface area contributed by atoms with Crippen LogP contribution in [0.1, 0.15) is 35.5 Å². The number of aryl methyl sites for hydroxylation is 2. The van der Waals surface area contributed by atoms with Crippen LogP contribution in [0, 0.1) is 13.8 Å². The Hall–Kier alpha value is -3.57. The van der Waals surface area contributed by atoms with Gasteiger partial charge in [-0.3, -0.25) is 24.5 Å². The Morgan fingerprint density at radius 3 is 2.87 bits per heavy atom. The van der Waals surface area contributed by atoms with E-state index in [9.17, 15) is 9.59 Å². The first kappa shape index (κ1) is 27.0. The lowest BCUT2D eigenvalue weighted by Gasteiger charge is -2.43. The number of nitrogens with two attached hydrogens (primary N) is 1. The molecule has 10 nitrogen and oxygen atoms in total. The second-order valence-electron chi connectivity index (χ2n) is 10.6. The molecule has 0 aliphatic carbocycles. The summed E-state index contributed by atoms with van der Waals surface area (Å²) in [5.74, 6) is -0.573. The monoisotopic (exact) mass is 549 g/mol. The van der Waals surface area contributed by atoms with E-state index in [4.69, 9.17) is 22.1 Å². The Balaban J connectivity index is 1.37. The number of hydrogen-bond acceptors (Lipinski definition) is 7. The zero-order chi connectivity index (χ0) is 27.9. The number of pyridine rings is 2. The molecule has 2 amide bonds. The SMILES string of the molecule is Cc1ncccc1C(=O)N[C@@H](N)CN1CC(C)(C)OC[C@H]1C(=O)Nc1cc(Cl)cc2c1[nH]c1cncc(C)c12. The smallest absolute Gasteiger partial charge is 0.254 e. The van der Waals surface area contributed by atoms with Crippen molar-refractivity contribution < 1.29 is 14.3 Å². The molecule has 39 heavy (non-hydrogen) atoms. The number of amides is 2. The average Bonchev–Trinajstić information content (AvgIpc) is 3.23. The molecular formula is C28H32ClN7O3.